The van der Waals surface area contributed by atoms with Gasteiger partial charge in [0.25, 0.3) is 0 Å². The number of rotatable bonds is 4. The van der Waals surface area contributed by atoms with Crippen molar-refractivity contribution in [3.63, 3.8) is 0 Å². The summed E-state index contributed by atoms with van der Waals surface area (Å²) in [5.41, 5.74) is 1.58. The summed E-state index contributed by atoms with van der Waals surface area (Å²) in [6.07, 6.45) is 1.71. The van der Waals surface area contributed by atoms with Gasteiger partial charge in [-0.1, -0.05) is 18.2 Å². The topological polar surface area (TPSA) is 22.1 Å². The fourth-order valence-corrected chi connectivity index (χ4v) is 1.74. The molecule has 0 N–H and O–H groups in total. The van der Waals surface area contributed by atoms with Crippen molar-refractivity contribution in [3.05, 3.63) is 47.6 Å². The quantitative estimate of drug-likeness (QED) is 0.616. The predicted molar refractivity (Wildman–Crippen MR) is 72.1 cm³/mol. The summed E-state index contributed by atoms with van der Waals surface area (Å²) in [5, 5.41) is 1.54. The average molecular weight is 268 g/mol. The van der Waals surface area contributed by atoms with Gasteiger partial charge in [-0.05, 0) is 29.8 Å². The van der Waals surface area contributed by atoms with E-state index in [1.165, 1.54) is 0 Å². The van der Waals surface area contributed by atoms with Crippen LogP contribution in [0.4, 0.5) is 0 Å². The van der Waals surface area contributed by atoms with Gasteiger partial charge in [-0.2, -0.15) is 0 Å². The third-order valence-electron chi connectivity index (χ3n) is 2.30. The molecule has 2 rings (SSSR count). The Hall–Kier alpha value is -1.25. The number of alkyl halides is 1. The molecule has 1 heterocycles. The first kappa shape index (κ1) is 12.2. The fraction of sp³-hybridized carbons (Fsp3) is 0.154. The first-order chi connectivity index (χ1) is 8.22. The van der Waals surface area contributed by atoms with Gasteiger partial charge in [0.05, 0.1) is 5.02 Å². The van der Waals surface area contributed by atoms with Gasteiger partial charge in [-0.25, -0.2) is 0 Å². The second-order valence-electron chi connectivity index (χ2n) is 3.62. The third kappa shape index (κ3) is 2.71. The van der Waals surface area contributed by atoms with Crippen molar-refractivity contribution in [3.8, 4) is 5.75 Å². The van der Waals surface area contributed by atoms with Gasteiger partial charge in [0.15, 0.2) is 0 Å². The lowest BCUT2D eigenvalue weighted by Crippen LogP contribution is -2.02. The summed E-state index contributed by atoms with van der Waals surface area (Å²) in [7, 11) is 0. The number of halogens is 2. The van der Waals surface area contributed by atoms with Crippen molar-refractivity contribution in [2.45, 2.75) is 0 Å². The van der Waals surface area contributed by atoms with Gasteiger partial charge in [-0.15, -0.1) is 11.6 Å². The summed E-state index contributed by atoms with van der Waals surface area (Å²) in [5.74, 6) is 1.08. The van der Waals surface area contributed by atoms with E-state index in [9.17, 15) is 0 Å². The van der Waals surface area contributed by atoms with Crippen LogP contribution in [0, 0.1) is 0 Å². The first-order valence-corrected chi connectivity index (χ1v) is 6.02. The minimum Gasteiger partial charge on any atom is -0.487 e. The van der Waals surface area contributed by atoms with E-state index >= 15 is 0 Å². The highest BCUT2D eigenvalue weighted by atomic mass is 35.5. The summed E-state index contributed by atoms with van der Waals surface area (Å²) in [4.78, 5) is 4.27. The molecule has 0 aliphatic heterocycles. The van der Waals surface area contributed by atoms with Crippen LogP contribution in [0.2, 0.25) is 5.02 Å². The van der Waals surface area contributed by atoms with Crippen LogP contribution >= 0.6 is 23.2 Å². The van der Waals surface area contributed by atoms with E-state index < -0.39 is 0 Å². The van der Waals surface area contributed by atoms with Crippen LogP contribution < -0.4 is 4.74 Å². The number of aromatic nitrogens is 1. The zero-order valence-corrected chi connectivity index (χ0v) is 10.6. The molecule has 0 saturated carbocycles. The van der Waals surface area contributed by atoms with Crippen LogP contribution in [0.25, 0.3) is 10.9 Å². The molecule has 0 aliphatic carbocycles. The van der Waals surface area contributed by atoms with E-state index in [4.69, 9.17) is 27.9 Å². The van der Waals surface area contributed by atoms with E-state index in [-0.39, 0.29) is 0 Å². The minimum absolute atomic E-state index is 0.386. The SMILES string of the molecule is C=C(CCl)COc1ccc(Cl)c2cccnc12. The van der Waals surface area contributed by atoms with E-state index in [0.717, 1.165) is 16.5 Å². The number of pyridine rings is 1. The van der Waals surface area contributed by atoms with Crippen LogP contribution in [-0.4, -0.2) is 17.5 Å². The molecule has 1 aromatic carbocycles. The number of hydrogen-bond donors (Lipinski definition) is 0. The first-order valence-electron chi connectivity index (χ1n) is 5.11. The van der Waals surface area contributed by atoms with Gasteiger partial charge in [0, 0.05) is 17.5 Å². The van der Waals surface area contributed by atoms with E-state index in [1.54, 1.807) is 18.3 Å². The zero-order valence-electron chi connectivity index (χ0n) is 9.12. The molecule has 4 heteroatoms. The molecule has 0 radical (unpaired) electrons. The van der Waals surface area contributed by atoms with Crippen molar-refractivity contribution in [2.24, 2.45) is 0 Å². The van der Waals surface area contributed by atoms with Crippen molar-refractivity contribution in [2.75, 3.05) is 12.5 Å². The second-order valence-corrected chi connectivity index (χ2v) is 4.29. The molecule has 2 aromatic rings. The van der Waals surface area contributed by atoms with Crippen molar-refractivity contribution in [1.29, 1.82) is 0 Å². The lowest BCUT2D eigenvalue weighted by molar-refractivity contribution is 0.356. The Balaban J connectivity index is 2.35. The molecule has 0 spiro atoms. The van der Waals surface area contributed by atoms with E-state index in [0.29, 0.717) is 23.3 Å². The summed E-state index contributed by atoms with van der Waals surface area (Å²) in [6.45, 7) is 4.17. The molecule has 0 unspecified atom stereocenters. The van der Waals surface area contributed by atoms with Crippen LogP contribution in [-0.2, 0) is 0 Å². The average Bonchev–Trinajstić information content (AvgIpc) is 2.38. The highest BCUT2D eigenvalue weighted by molar-refractivity contribution is 6.35. The van der Waals surface area contributed by atoms with Crippen LogP contribution in [0.5, 0.6) is 5.75 Å². The number of hydrogen-bond acceptors (Lipinski definition) is 2. The Morgan fingerprint density at radius 1 is 1.35 bits per heavy atom. The molecule has 0 aliphatic rings. The van der Waals surface area contributed by atoms with Gasteiger partial charge in [0.2, 0.25) is 0 Å². The Kier molecular flexibility index (Phi) is 3.87. The van der Waals surface area contributed by atoms with Gasteiger partial charge < -0.3 is 4.74 Å². The summed E-state index contributed by atoms with van der Waals surface area (Å²) < 4.78 is 5.62. The molecule has 2 nitrogen and oxygen atoms in total. The van der Waals surface area contributed by atoms with Crippen molar-refractivity contribution < 1.29 is 4.74 Å². The largest absolute Gasteiger partial charge is 0.487 e. The number of fused-ring (bicyclic) bond motifs is 1. The predicted octanol–water partition coefficient (Wildman–Crippen LogP) is 4.06. The smallest absolute Gasteiger partial charge is 0.146 e. The third-order valence-corrected chi connectivity index (χ3v) is 3.01. The molecule has 0 amide bonds. The van der Waals surface area contributed by atoms with Gasteiger partial charge >= 0.3 is 0 Å². The van der Waals surface area contributed by atoms with Gasteiger partial charge in [-0.3, -0.25) is 4.98 Å². The van der Waals surface area contributed by atoms with Gasteiger partial charge in [0.1, 0.15) is 17.9 Å². The second kappa shape index (κ2) is 5.39. The lowest BCUT2D eigenvalue weighted by atomic mass is 10.2. The van der Waals surface area contributed by atoms with Crippen LogP contribution in [0.1, 0.15) is 0 Å². The Bertz CT molecular complexity index is 554. The van der Waals surface area contributed by atoms with E-state index in [2.05, 4.69) is 11.6 Å². The standard InChI is InChI=1S/C13H11Cl2NO/c1-9(7-14)8-17-12-5-4-11(15)10-3-2-6-16-13(10)12/h2-6H,1,7-8H2. The maximum Gasteiger partial charge on any atom is 0.146 e. The number of nitrogens with zero attached hydrogens (tertiary/aromatic N) is 1. The molecular weight excluding hydrogens is 257 g/mol. The van der Waals surface area contributed by atoms with E-state index in [1.807, 2.05) is 12.1 Å². The molecule has 0 atom stereocenters. The summed E-state index contributed by atoms with van der Waals surface area (Å²) in [6, 6.07) is 7.35. The molecule has 0 fully saturated rings. The normalized spacial score (nSPS) is 10.5. The number of benzene rings is 1. The maximum absolute atomic E-state index is 6.08. The Labute approximate surface area is 110 Å². The Morgan fingerprint density at radius 2 is 2.18 bits per heavy atom. The monoisotopic (exact) mass is 267 g/mol. The van der Waals surface area contributed by atoms with Crippen LogP contribution in [0.3, 0.4) is 0 Å². The van der Waals surface area contributed by atoms with Crippen molar-refractivity contribution in [1.82, 2.24) is 4.98 Å². The molecule has 0 bridgehead atoms. The highest BCUT2D eigenvalue weighted by Gasteiger charge is 2.06. The molecule has 88 valence electrons. The Morgan fingerprint density at radius 3 is 2.94 bits per heavy atom. The zero-order chi connectivity index (χ0) is 12.3. The summed E-state index contributed by atoms with van der Waals surface area (Å²) >= 11 is 11.7. The minimum atomic E-state index is 0.386. The molecule has 17 heavy (non-hydrogen) atoms. The lowest BCUT2D eigenvalue weighted by Gasteiger charge is -2.09. The molecule has 0 saturated heterocycles. The van der Waals surface area contributed by atoms with Crippen molar-refractivity contribution >= 4 is 34.1 Å². The highest BCUT2D eigenvalue weighted by Crippen LogP contribution is 2.29. The fourth-order valence-electron chi connectivity index (χ4n) is 1.45. The number of ether oxygens (including phenoxy) is 1. The molecular formula is C13H11Cl2NO. The molecule has 1 aromatic heterocycles. The van der Waals surface area contributed by atoms with Crippen LogP contribution in [0.15, 0.2) is 42.6 Å². The maximum atomic E-state index is 6.08.